The van der Waals surface area contributed by atoms with Crippen LogP contribution in [0.25, 0.3) is 10.9 Å². The highest BCUT2D eigenvalue weighted by Crippen LogP contribution is 2.28. The van der Waals surface area contributed by atoms with Crippen LogP contribution in [0.4, 0.5) is 11.8 Å². The fourth-order valence-corrected chi connectivity index (χ4v) is 4.56. The molecule has 2 aromatic carbocycles. The van der Waals surface area contributed by atoms with Gasteiger partial charge in [-0.1, -0.05) is 35.9 Å². The van der Waals surface area contributed by atoms with Gasteiger partial charge in [0.25, 0.3) is 0 Å². The highest BCUT2D eigenvalue weighted by molar-refractivity contribution is 5.90. The van der Waals surface area contributed by atoms with E-state index in [1.54, 1.807) is 0 Å². The van der Waals surface area contributed by atoms with Crippen molar-refractivity contribution in [1.82, 2.24) is 15.3 Å². The molecule has 1 aliphatic carbocycles. The zero-order chi connectivity index (χ0) is 21.8. The molecular formula is C26H35N5. The molecule has 1 heterocycles. The van der Waals surface area contributed by atoms with Gasteiger partial charge < -0.3 is 15.5 Å². The molecule has 5 nitrogen and oxygen atoms in total. The maximum absolute atomic E-state index is 4.80. The van der Waals surface area contributed by atoms with Gasteiger partial charge in [-0.3, -0.25) is 0 Å². The molecule has 31 heavy (non-hydrogen) atoms. The number of nitrogens with zero attached hydrogens (tertiary/aromatic N) is 3. The summed E-state index contributed by atoms with van der Waals surface area (Å²) in [5.41, 5.74) is 5.12. The van der Waals surface area contributed by atoms with E-state index in [1.807, 2.05) is 26.2 Å². The molecule has 0 radical (unpaired) electrons. The van der Waals surface area contributed by atoms with E-state index in [9.17, 15) is 0 Å². The number of rotatable bonds is 7. The summed E-state index contributed by atoms with van der Waals surface area (Å²) >= 11 is 0. The van der Waals surface area contributed by atoms with Crippen LogP contribution in [0, 0.1) is 19.8 Å². The van der Waals surface area contributed by atoms with Crippen LogP contribution in [-0.4, -0.2) is 36.6 Å². The van der Waals surface area contributed by atoms with Crippen LogP contribution in [0.1, 0.15) is 42.4 Å². The van der Waals surface area contributed by atoms with Crippen LogP contribution in [0.2, 0.25) is 0 Å². The molecule has 0 atom stereocenters. The molecule has 5 heteroatoms. The molecule has 0 saturated heterocycles. The van der Waals surface area contributed by atoms with E-state index in [-0.39, 0.29) is 0 Å². The van der Waals surface area contributed by atoms with E-state index in [0.29, 0.717) is 6.04 Å². The number of hydrogen-bond donors (Lipinski definition) is 2. The summed E-state index contributed by atoms with van der Waals surface area (Å²) in [6.07, 6.45) is 4.82. The summed E-state index contributed by atoms with van der Waals surface area (Å²) in [6.45, 7) is 6.42. The minimum absolute atomic E-state index is 0.450. The fourth-order valence-electron chi connectivity index (χ4n) is 4.56. The highest BCUT2D eigenvalue weighted by atomic mass is 15.2. The fraction of sp³-hybridized carbons (Fsp3) is 0.462. The van der Waals surface area contributed by atoms with E-state index in [1.165, 1.54) is 42.4 Å². The minimum Gasteiger partial charge on any atom is -0.362 e. The smallest absolute Gasteiger partial charge is 0.225 e. The molecule has 1 fully saturated rings. The molecule has 1 saturated carbocycles. The Hall–Kier alpha value is -2.66. The lowest BCUT2D eigenvalue weighted by molar-refractivity contribution is 0.323. The van der Waals surface area contributed by atoms with E-state index in [4.69, 9.17) is 9.97 Å². The van der Waals surface area contributed by atoms with E-state index in [2.05, 4.69) is 59.7 Å². The van der Waals surface area contributed by atoms with Gasteiger partial charge in [0.2, 0.25) is 5.95 Å². The molecule has 0 spiro atoms. The first kappa shape index (κ1) is 21.6. The van der Waals surface area contributed by atoms with Crippen LogP contribution >= 0.6 is 0 Å². The number of benzene rings is 2. The average molecular weight is 418 g/mol. The highest BCUT2D eigenvalue weighted by Gasteiger charge is 2.22. The maximum atomic E-state index is 4.80. The second-order valence-corrected chi connectivity index (χ2v) is 9.21. The first-order valence-electron chi connectivity index (χ1n) is 11.5. The molecule has 4 rings (SSSR count). The average Bonchev–Trinajstić information content (AvgIpc) is 2.76. The van der Waals surface area contributed by atoms with Gasteiger partial charge in [0, 0.05) is 32.1 Å². The third-order valence-electron chi connectivity index (χ3n) is 6.44. The van der Waals surface area contributed by atoms with Gasteiger partial charge in [0.15, 0.2) is 0 Å². The van der Waals surface area contributed by atoms with Crippen LogP contribution in [0.3, 0.4) is 0 Å². The Bertz CT molecular complexity index is 1020. The Morgan fingerprint density at radius 3 is 2.52 bits per heavy atom. The summed E-state index contributed by atoms with van der Waals surface area (Å²) in [4.78, 5) is 11.6. The normalized spacial score (nSPS) is 18.8. The monoisotopic (exact) mass is 417 g/mol. The van der Waals surface area contributed by atoms with E-state index in [0.717, 1.165) is 41.7 Å². The SMILES string of the molecule is Cc1ccc(C)c(CNCC2CCC(Nc3nc(N(C)C)c4ccccc4n3)CC2)c1. The van der Waals surface area contributed by atoms with Crippen LogP contribution < -0.4 is 15.5 Å². The number of fused-ring (bicyclic) bond motifs is 1. The summed E-state index contributed by atoms with van der Waals surface area (Å²) in [5, 5.41) is 8.40. The number of aromatic nitrogens is 2. The third-order valence-corrected chi connectivity index (χ3v) is 6.44. The van der Waals surface area contributed by atoms with Gasteiger partial charge in [-0.05, 0) is 75.3 Å². The van der Waals surface area contributed by atoms with Crippen LogP contribution in [0.15, 0.2) is 42.5 Å². The maximum Gasteiger partial charge on any atom is 0.225 e. The second kappa shape index (κ2) is 9.65. The molecule has 3 aromatic rings. The Morgan fingerprint density at radius 2 is 1.74 bits per heavy atom. The first-order valence-corrected chi connectivity index (χ1v) is 11.5. The molecule has 0 aliphatic heterocycles. The first-order chi connectivity index (χ1) is 15.0. The van der Waals surface area contributed by atoms with Crippen LogP contribution in [-0.2, 0) is 6.54 Å². The Balaban J connectivity index is 1.30. The van der Waals surface area contributed by atoms with Crippen molar-refractivity contribution < 1.29 is 0 Å². The second-order valence-electron chi connectivity index (χ2n) is 9.21. The predicted octanol–water partition coefficient (Wildman–Crippen LogP) is 5.07. The number of para-hydroxylation sites is 1. The van der Waals surface area contributed by atoms with Gasteiger partial charge in [0.05, 0.1) is 5.52 Å². The molecule has 2 N–H and O–H groups in total. The molecule has 1 aliphatic rings. The molecular weight excluding hydrogens is 382 g/mol. The van der Waals surface area contributed by atoms with Crippen molar-refractivity contribution in [2.45, 2.75) is 52.1 Å². The van der Waals surface area contributed by atoms with Gasteiger partial charge in [-0.2, -0.15) is 4.98 Å². The number of hydrogen-bond acceptors (Lipinski definition) is 5. The van der Waals surface area contributed by atoms with Crippen molar-refractivity contribution in [1.29, 1.82) is 0 Å². The van der Waals surface area contributed by atoms with Crippen molar-refractivity contribution in [2.75, 3.05) is 30.9 Å². The van der Waals surface area contributed by atoms with E-state index < -0.39 is 0 Å². The van der Waals surface area contributed by atoms with Crippen LogP contribution in [0.5, 0.6) is 0 Å². The van der Waals surface area contributed by atoms with Gasteiger partial charge >= 0.3 is 0 Å². The van der Waals surface area contributed by atoms with E-state index >= 15 is 0 Å². The number of aryl methyl sites for hydroxylation is 2. The van der Waals surface area contributed by atoms with Gasteiger partial charge in [0.1, 0.15) is 5.82 Å². The zero-order valence-corrected chi connectivity index (χ0v) is 19.3. The lowest BCUT2D eigenvalue weighted by atomic mass is 9.86. The molecule has 164 valence electrons. The lowest BCUT2D eigenvalue weighted by Gasteiger charge is -2.29. The Labute approximate surface area is 186 Å². The Kier molecular flexibility index (Phi) is 6.71. The van der Waals surface area contributed by atoms with Crippen molar-refractivity contribution in [3.8, 4) is 0 Å². The molecule has 1 aromatic heterocycles. The summed E-state index contributed by atoms with van der Waals surface area (Å²) in [7, 11) is 4.07. The molecule has 0 amide bonds. The Morgan fingerprint density at radius 1 is 0.968 bits per heavy atom. The third kappa shape index (κ3) is 5.34. The summed E-state index contributed by atoms with van der Waals surface area (Å²) < 4.78 is 0. The molecule has 0 unspecified atom stereocenters. The largest absolute Gasteiger partial charge is 0.362 e. The van der Waals surface area contributed by atoms with Gasteiger partial charge in [-0.25, -0.2) is 4.98 Å². The van der Waals surface area contributed by atoms with Crippen molar-refractivity contribution in [2.24, 2.45) is 5.92 Å². The number of anilines is 2. The predicted molar refractivity (Wildman–Crippen MR) is 131 cm³/mol. The van der Waals surface area contributed by atoms with Crippen molar-refractivity contribution >= 4 is 22.7 Å². The number of nitrogens with one attached hydrogen (secondary N) is 2. The summed E-state index contributed by atoms with van der Waals surface area (Å²) in [6, 6.07) is 15.4. The quantitative estimate of drug-likeness (QED) is 0.562. The zero-order valence-electron chi connectivity index (χ0n) is 19.3. The van der Waals surface area contributed by atoms with Gasteiger partial charge in [-0.15, -0.1) is 0 Å². The molecule has 0 bridgehead atoms. The minimum atomic E-state index is 0.450. The topological polar surface area (TPSA) is 53.1 Å². The lowest BCUT2D eigenvalue weighted by Crippen LogP contribution is -2.31. The van der Waals surface area contributed by atoms with Crippen molar-refractivity contribution in [3.05, 3.63) is 59.2 Å². The van der Waals surface area contributed by atoms with Crippen molar-refractivity contribution in [3.63, 3.8) is 0 Å². The summed E-state index contributed by atoms with van der Waals surface area (Å²) in [5.74, 6) is 2.47. The standard InChI is InChI=1S/C26H35N5/c1-18-9-10-19(2)21(15-18)17-27-16-20-11-13-22(14-12-20)28-26-29-24-8-6-5-7-23(24)25(30-26)31(3)4/h5-10,15,20,22,27H,11-14,16-17H2,1-4H3,(H,28,29,30).